The molecule has 1 unspecified atom stereocenters. The number of methoxy groups -OCH3 is 1. The van der Waals surface area contributed by atoms with Gasteiger partial charge in [-0.15, -0.1) is 0 Å². The summed E-state index contributed by atoms with van der Waals surface area (Å²) in [7, 11) is -1.65. The number of carbonyl (C=O) groups excluding carboxylic acids is 1. The van der Waals surface area contributed by atoms with Crippen LogP contribution in [-0.2, 0) is 27.5 Å². The van der Waals surface area contributed by atoms with Gasteiger partial charge in [-0.3, -0.25) is 0 Å². The Hall–Kier alpha value is -1.57. The monoisotopic (exact) mass is 301 g/mol. The lowest BCUT2D eigenvalue weighted by Gasteiger charge is -2.13. The highest BCUT2D eigenvalue weighted by atomic mass is 32.2. The number of nitrogens with two attached hydrogens (primary N) is 1. The first kappa shape index (κ1) is 14.8. The number of anilines is 1. The van der Waals surface area contributed by atoms with Gasteiger partial charge in [0.1, 0.15) is 11.6 Å². The Morgan fingerprint density at radius 2 is 2.25 bits per heavy atom. The van der Waals surface area contributed by atoms with Crippen LogP contribution in [-0.4, -0.2) is 42.6 Å². The number of aromatic nitrogens is 2. The largest absolute Gasteiger partial charge is 0.464 e. The van der Waals surface area contributed by atoms with E-state index in [9.17, 15) is 13.2 Å². The van der Waals surface area contributed by atoms with Gasteiger partial charge in [0.15, 0.2) is 15.5 Å². The molecule has 7 nitrogen and oxygen atoms in total. The van der Waals surface area contributed by atoms with E-state index in [0.29, 0.717) is 25.2 Å². The van der Waals surface area contributed by atoms with Crippen LogP contribution in [0, 0.1) is 5.92 Å². The fraction of sp³-hybridized carbons (Fsp3) is 0.667. The molecule has 0 amide bonds. The molecule has 0 saturated carbocycles. The molecule has 0 aromatic carbocycles. The molecule has 0 bridgehead atoms. The third-order valence-electron chi connectivity index (χ3n) is 3.55. The van der Waals surface area contributed by atoms with Crippen LogP contribution in [0.1, 0.15) is 29.7 Å². The lowest BCUT2D eigenvalue weighted by Crippen LogP contribution is -2.16. The summed E-state index contributed by atoms with van der Waals surface area (Å²) in [6, 6.07) is 0. The standard InChI is InChI=1S/C12H19N3O4S/c1-3-9-14-10(12(16)19-2)11(13)15(9)6-8-4-5-20(17,18)7-8/h8H,3-7,13H2,1-2H3. The summed E-state index contributed by atoms with van der Waals surface area (Å²) in [5, 5.41) is 0. The van der Waals surface area contributed by atoms with Gasteiger partial charge in [0.25, 0.3) is 0 Å². The quantitative estimate of drug-likeness (QED) is 0.799. The maximum atomic E-state index is 11.6. The molecule has 1 aliphatic heterocycles. The normalized spacial score (nSPS) is 21.0. The van der Waals surface area contributed by atoms with Crippen molar-refractivity contribution in [3.05, 3.63) is 11.5 Å². The van der Waals surface area contributed by atoms with Crippen molar-refractivity contribution in [2.45, 2.75) is 26.3 Å². The van der Waals surface area contributed by atoms with E-state index >= 15 is 0 Å². The number of hydrogen-bond donors (Lipinski definition) is 1. The Morgan fingerprint density at radius 3 is 2.75 bits per heavy atom. The van der Waals surface area contributed by atoms with Crippen LogP contribution >= 0.6 is 0 Å². The van der Waals surface area contributed by atoms with Crippen molar-refractivity contribution in [1.29, 1.82) is 0 Å². The van der Waals surface area contributed by atoms with E-state index < -0.39 is 15.8 Å². The third-order valence-corrected chi connectivity index (χ3v) is 5.39. The molecule has 0 aliphatic carbocycles. The number of hydrogen-bond acceptors (Lipinski definition) is 6. The van der Waals surface area contributed by atoms with Crippen LogP contribution in [0.4, 0.5) is 5.82 Å². The minimum absolute atomic E-state index is 0.0206. The second kappa shape index (κ2) is 5.43. The van der Waals surface area contributed by atoms with Crippen LogP contribution in [0.2, 0.25) is 0 Å². The molecule has 1 fully saturated rings. The van der Waals surface area contributed by atoms with Gasteiger partial charge >= 0.3 is 5.97 Å². The van der Waals surface area contributed by atoms with Crippen LogP contribution in [0.5, 0.6) is 0 Å². The number of rotatable bonds is 4. The SMILES string of the molecule is CCc1nc(C(=O)OC)c(N)n1CC1CCS(=O)(=O)C1. The van der Waals surface area contributed by atoms with E-state index in [1.165, 1.54) is 7.11 Å². The highest BCUT2D eigenvalue weighted by Gasteiger charge is 2.30. The number of nitrogens with zero attached hydrogens (tertiary/aromatic N) is 2. The molecule has 1 atom stereocenters. The summed E-state index contributed by atoms with van der Waals surface area (Å²) < 4.78 is 29.4. The van der Waals surface area contributed by atoms with Crippen molar-refractivity contribution in [2.24, 2.45) is 5.92 Å². The summed E-state index contributed by atoms with van der Waals surface area (Å²) in [5.74, 6) is 0.756. The van der Waals surface area contributed by atoms with E-state index in [4.69, 9.17) is 5.73 Å². The molecular formula is C12H19N3O4S. The van der Waals surface area contributed by atoms with E-state index in [-0.39, 0.29) is 28.9 Å². The summed E-state index contributed by atoms with van der Waals surface area (Å²) in [4.78, 5) is 15.8. The molecule has 112 valence electrons. The van der Waals surface area contributed by atoms with E-state index in [1.54, 1.807) is 4.57 Å². The smallest absolute Gasteiger partial charge is 0.360 e. The molecule has 2 rings (SSSR count). The Kier molecular flexibility index (Phi) is 4.03. The topological polar surface area (TPSA) is 104 Å². The highest BCUT2D eigenvalue weighted by Crippen LogP contribution is 2.24. The van der Waals surface area contributed by atoms with E-state index in [0.717, 1.165) is 0 Å². The van der Waals surface area contributed by atoms with Crippen molar-refractivity contribution >= 4 is 21.6 Å². The zero-order valence-electron chi connectivity index (χ0n) is 11.6. The Balaban J connectivity index is 2.27. The molecule has 0 spiro atoms. The molecule has 0 radical (unpaired) electrons. The maximum Gasteiger partial charge on any atom is 0.360 e. The van der Waals surface area contributed by atoms with Crippen molar-refractivity contribution in [2.75, 3.05) is 24.3 Å². The van der Waals surface area contributed by atoms with Gasteiger partial charge in [0, 0.05) is 13.0 Å². The number of sulfone groups is 1. The highest BCUT2D eigenvalue weighted by molar-refractivity contribution is 7.91. The van der Waals surface area contributed by atoms with Gasteiger partial charge in [-0.25, -0.2) is 18.2 Å². The van der Waals surface area contributed by atoms with E-state index in [2.05, 4.69) is 9.72 Å². The first-order valence-electron chi connectivity index (χ1n) is 6.51. The van der Waals surface area contributed by atoms with Gasteiger partial charge in [0.05, 0.1) is 18.6 Å². The average molecular weight is 301 g/mol. The number of esters is 1. The minimum Gasteiger partial charge on any atom is -0.464 e. The Bertz CT molecular complexity index is 621. The molecule has 2 heterocycles. The number of imidazole rings is 1. The first-order chi connectivity index (χ1) is 9.38. The minimum atomic E-state index is -2.93. The predicted molar refractivity (Wildman–Crippen MR) is 74.1 cm³/mol. The molecule has 1 saturated heterocycles. The summed E-state index contributed by atoms with van der Waals surface area (Å²) in [5.41, 5.74) is 6.05. The van der Waals surface area contributed by atoms with Gasteiger partial charge in [-0.2, -0.15) is 0 Å². The van der Waals surface area contributed by atoms with Crippen LogP contribution in [0.15, 0.2) is 0 Å². The molecule has 1 aliphatic rings. The third kappa shape index (κ3) is 2.79. The van der Waals surface area contributed by atoms with Crippen molar-refractivity contribution in [1.82, 2.24) is 9.55 Å². The number of carbonyl (C=O) groups is 1. The predicted octanol–water partition coefficient (Wildman–Crippen LogP) is 0.249. The zero-order valence-corrected chi connectivity index (χ0v) is 12.4. The second-order valence-corrected chi connectivity index (χ2v) is 7.22. The summed E-state index contributed by atoms with van der Waals surface area (Å²) >= 11 is 0. The van der Waals surface area contributed by atoms with Crippen molar-refractivity contribution in [3.63, 3.8) is 0 Å². The van der Waals surface area contributed by atoms with Crippen LogP contribution in [0.3, 0.4) is 0 Å². The molecule has 2 N–H and O–H groups in total. The van der Waals surface area contributed by atoms with Gasteiger partial charge in [-0.1, -0.05) is 6.92 Å². The second-order valence-electron chi connectivity index (χ2n) is 4.99. The van der Waals surface area contributed by atoms with Gasteiger partial charge in [0.2, 0.25) is 0 Å². The van der Waals surface area contributed by atoms with E-state index in [1.807, 2.05) is 6.92 Å². The lowest BCUT2D eigenvalue weighted by atomic mass is 10.1. The summed E-state index contributed by atoms with van der Waals surface area (Å²) in [6.07, 6.45) is 1.23. The number of nitrogen functional groups attached to an aromatic ring is 1. The first-order valence-corrected chi connectivity index (χ1v) is 8.33. The van der Waals surface area contributed by atoms with Crippen molar-refractivity contribution < 1.29 is 17.9 Å². The summed E-state index contributed by atoms with van der Waals surface area (Å²) in [6.45, 7) is 2.38. The maximum absolute atomic E-state index is 11.6. The zero-order chi connectivity index (χ0) is 14.9. The molecule has 1 aromatic heterocycles. The fourth-order valence-electron chi connectivity index (χ4n) is 2.51. The molecular weight excluding hydrogens is 282 g/mol. The van der Waals surface area contributed by atoms with Crippen LogP contribution in [0.25, 0.3) is 0 Å². The van der Waals surface area contributed by atoms with Gasteiger partial charge in [-0.05, 0) is 12.3 Å². The molecule has 8 heteroatoms. The molecule has 20 heavy (non-hydrogen) atoms. The average Bonchev–Trinajstić information content (AvgIpc) is 2.90. The van der Waals surface area contributed by atoms with Crippen molar-refractivity contribution in [3.8, 4) is 0 Å². The Labute approximate surface area is 118 Å². The fourth-order valence-corrected chi connectivity index (χ4v) is 4.36. The Morgan fingerprint density at radius 1 is 1.55 bits per heavy atom. The number of ether oxygens (including phenoxy) is 1. The molecule has 1 aromatic rings. The lowest BCUT2D eigenvalue weighted by molar-refractivity contribution is 0.0595. The number of aryl methyl sites for hydroxylation is 1. The van der Waals surface area contributed by atoms with Gasteiger partial charge < -0.3 is 15.0 Å². The van der Waals surface area contributed by atoms with Crippen LogP contribution < -0.4 is 5.73 Å².